The number of rotatable bonds is 3. The third-order valence-corrected chi connectivity index (χ3v) is 3.00. The molecular formula is C14H10FN3O2. The van der Waals surface area contributed by atoms with Crippen LogP contribution in [0.25, 0.3) is 11.0 Å². The zero-order valence-corrected chi connectivity index (χ0v) is 10.3. The Hall–Kier alpha value is -2.76. The topological polar surface area (TPSA) is 71.8 Å². The highest BCUT2D eigenvalue weighted by Crippen LogP contribution is 2.23. The molecule has 0 bridgehead atoms. The molecule has 20 heavy (non-hydrogen) atoms. The van der Waals surface area contributed by atoms with Gasteiger partial charge in [-0.15, -0.1) is 0 Å². The number of aromatic amines is 1. The number of nitro benzene ring substituents is 1. The van der Waals surface area contributed by atoms with Gasteiger partial charge in [-0.3, -0.25) is 10.1 Å². The number of nitrogens with zero attached hydrogens (tertiary/aromatic N) is 2. The van der Waals surface area contributed by atoms with E-state index in [4.69, 9.17) is 0 Å². The lowest BCUT2D eigenvalue weighted by Gasteiger charge is -1.97. The minimum absolute atomic E-state index is 0.0377. The molecule has 0 fully saturated rings. The standard InChI is InChI=1S/C14H10FN3O2/c15-10-4-1-3-9(7-10)8-13-16-11-5-2-6-12(18(19)20)14(11)17-13/h1-7H,8H2,(H,16,17). The van der Waals surface area contributed by atoms with E-state index >= 15 is 0 Å². The first kappa shape index (κ1) is 12.3. The van der Waals surface area contributed by atoms with Crippen LogP contribution in [0.1, 0.15) is 11.4 Å². The smallest absolute Gasteiger partial charge is 0.297 e. The molecule has 5 nitrogen and oxygen atoms in total. The minimum Gasteiger partial charge on any atom is -0.341 e. The molecule has 6 heteroatoms. The van der Waals surface area contributed by atoms with E-state index in [0.29, 0.717) is 23.3 Å². The van der Waals surface area contributed by atoms with Crippen molar-refractivity contribution in [3.63, 3.8) is 0 Å². The molecule has 100 valence electrons. The van der Waals surface area contributed by atoms with Gasteiger partial charge < -0.3 is 4.98 Å². The van der Waals surface area contributed by atoms with Crippen molar-refractivity contribution in [1.29, 1.82) is 0 Å². The van der Waals surface area contributed by atoms with Crippen LogP contribution in [0.4, 0.5) is 10.1 Å². The van der Waals surface area contributed by atoms with Crippen molar-refractivity contribution in [1.82, 2.24) is 9.97 Å². The van der Waals surface area contributed by atoms with Gasteiger partial charge in [-0.1, -0.05) is 18.2 Å². The predicted octanol–water partition coefficient (Wildman–Crippen LogP) is 3.20. The number of H-pyrrole nitrogens is 1. The first-order valence-electron chi connectivity index (χ1n) is 6.00. The Labute approximate surface area is 113 Å². The number of nitrogens with one attached hydrogen (secondary N) is 1. The van der Waals surface area contributed by atoms with E-state index in [1.807, 2.05) is 0 Å². The van der Waals surface area contributed by atoms with E-state index < -0.39 is 4.92 Å². The van der Waals surface area contributed by atoms with Crippen molar-refractivity contribution in [3.8, 4) is 0 Å². The molecular weight excluding hydrogens is 261 g/mol. The quantitative estimate of drug-likeness (QED) is 0.587. The molecule has 2 aromatic carbocycles. The molecule has 0 aliphatic rings. The summed E-state index contributed by atoms with van der Waals surface area (Å²) in [5.41, 5.74) is 1.64. The van der Waals surface area contributed by atoms with Crippen molar-refractivity contribution in [2.75, 3.05) is 0 Å². The van der Waals surface area contributed by atoms with Gasteiger partial charge in [0.05, 0.1) is 10.4 Å². The van der Waals surface area contributed by atoms with Crippen LogP contribution in [0.5, 0.6) is 0 Å². The summed E-state index contributed by atoms with van der Waals surface area (Å²) < 4.78 is 13.1. The number of fused-ring (bicyclic) bond motifs is 1. The molecule has 0 radical (unpaired) electrons. The Morgan fingerprint density at radius 1 is 1.25 bits per heavy atom. The first-order chi connectivity index (χ1) is 9.63. The molecule has 0 aliphatic carbocycles. The number of imidazole rings is 1. The van der Waals surface area contributed by atoms with Crippen LogP contribution in [0.15, 0.2) is 42.5 Å². The van der Waals surface area contributed by atoms with Crippen molar-refractivity contribution in [2.24, 2.45) is 0 Å². The molecule has 0 spiro atoms. The number of aromatic nitrogens is 2. The number of nitro groups is 1. The molecule has 0 atom stereocenters. The third kappa shape index (κ3) is 2.23. The molecule has 0 saturated heterocycles. The van der Waals surface area contributed by atoms with E-state index in [1.165, 1.54) is 18.2 Å². The lowest BCUT2D eigenvalue weighted by molar-refractivity contribution is -0.383. The second-order valence-corrected chi connectivity index (χ2v) is 4.42. The van der Waals surface area contributed by atoms with Gasteiger partial charge in [0.1, 0.15) is 11.6 Å². The van der Waals surface area contributed by atoms with Gasteiger partial charge in [-0.25, -0.2) is 9.37 Å². The summed E-state index contributed by atoms with van der Waals surface area (Å²) in [6.07, 6.45) is 0.392. The van der Waals surface area contributed by atoms with Crippen LogP contribution in [-0.2, 0) is 6.42 Å². The Bertz CT molecular complexity index is 798. The fraction of sp³-hybridized carbons (Fsp3) is 0.0714. The second kappa shape index (κ2) is 4.73. The van der Waals surface area contributed by atoms with Crippen LogP contribution in [0.2, 0.25) is 0 Å². The average Bonchev–Trinajstić information content (AvgIpc) is 2.80. The number of benzene rings is 2. The van der Waals surface area contributed by atoms with Crippen LogP contribution in [0, 0.1) is 15.9 Å². The van der Waals surface area contributed by atoms with Gasteiger partial charge in [0.2, 0.25) is 0 Å². The van der Waals surface area contributed by atoms with Crippen LogP contribution in [-0.4, -0.2) is 14.9 Å². The number of hydrogen-bond donors (Lipinski definition) is 1. The Morgan fingerprint density at radius 2 is 2.05 bits per heavy atom. The second-order valence-electron chi connectivity index (χ2n) is 4.42. The third-order valence-electron chi connectivity index (χ3n) is 3.00. The summed E-state index contributed by atoms with van der Waals surface area (Å²) in [6, 6.07) is 10.9. The summed E-state index contributed by atoms with van der Waals surface area (Å²) >= 11 is 0. The SMILES string of the molecule is O=[N+]([O-])c1cccc2[nH]c(Cc3cccc(F)c3)nc12. The molecule has 3 rings (SSSR count). The molecule has 1 aromatic heterocycles. The largest absolute Gasteiger partial charge is 0.341 e. The summed E-state index contributed by atoms with van der Waals surface area (Å²) in [5, 5.41) is 10.9. The first-order valence-corrected chi connectivity index (χ1v) is 6.00. The number of halogens is 1. The highest BCUT2D eigenvalue weighted by Gasteiger charge is 2.15. The summed E-state index contributed by atoms with van der Waals surface area (Å²) in [6.45, 7) is 0. The van der Waals surface area contributed by atoms with Crippen LogP contribution in [0.3, 0.4) is 0 Å². The summed E-state index contributed by atoms with van der Waals surface area (Å²) in [4.78, 5) is 17.7. The Balaban J connectivity index is 2.01. The van der Waals surface area contributed by atoms with Gasteiger partial charge in [0.15, 0.2) is 5.52 Å². The molecule has 1 heterocycles. The van der Waals surface area contributed by atoms with E-state index in [0.717, 1.165) is 5.56 Å². The lowest BCUT2D eigenvalue weighted by Crippen LogP contribution is -1.91. The Morgan fingerprint density at radius 3 is 2.80 bits per heavy atom. The molecule has 0 unspecified atom stereocenters. The normalized spacial score (nSPS) is 10.8. The zero-order chi connectivity index (χ0) is 14.1. The zero-order valence-electron chi connectivity index (χ0n) is 10.3. The maximum atomic E-state index is 13.1. The van der Waals surface area contributed by atoms with Gasteiger partial charge in [0.25, 0.3) is 5.69 Å². The summed E-state index contributed by atoms with van der Waals surface area (Å²) in [5.74, 6) is 0.254. The van der Waals surface area contributed by atoms with Gasteiger partial charge in [-0.2, -0.15) is 0 Å². The molecule has 0 saturated carbocycles. The maximum absolute atomic E-state index is 13.1. The van der Waals surface area contributed by atoms with E-state index in [2.05, 4.69) is 9.97 Å². The van der Waals surface area contributed by atoms with Crippen molar-refractivity contribution in [3.05, 3.63) is 69.8 Å². The molecule has 3 aromatic rings. The fourth-order valence-electron chi connectivity index (χ4n) is 2.14. The van der Waals surface area contributed by atoms with Crippen molar-refractivity contribution < 1.29 is 9.31 Å². The molecule has 0 aliphatic heterocycles. The predicted molar refractivity (Wildman–Crippen MR) is 72.0 cm³/mol. The Kier molecular flexibility index (Phi) is 2.90. The monoisotopic (exact) mass is 271 g/mol. The van der Waals surface area contributed by atoms with Crippen molar-refractivity contribution in [2.45, 2.75) is 6.42 Å². The van der Waals surface area contributed by atoms with E-state index in [-0.39, 0.29) is 11.5 Å². The van der Waals surface area contributed by atoms with Gasteiger partial charge in [-0.05, 0) is 23.8 Å². The van der Waals surface area contributed by atoms with Crippen LogP contribution < -0.4 is 0 Å². The number of hydrogen-bond acceptors (Lipinski definition) is 3. The lowest BCUT2D eigenvalue weighted by atomic mass is 10.1. The van der Waals surface area contributed by atoms with Crippen molar-refractivity contribution >= 4 is 16.7 Å². The average molecular weight is 271 g/mol. The molecule has 0 amide bonds. The van der Waals surface area contributed by atoms with Gasteiger partial charge in [0, 0.05) is 12.5 Å². The number of non-ortho nitro benzene ring substituents is 1. The summed E-state index contributed by atoms with van der Waals surface area (Å²) in [7, 11) is 0. The van der Waals surface area contributed by atoms with E-state index in [1.54, 1.807) is 24.3 Å². The minimum atomic E-state index is -0.463. The van der Waals surface area contributed by atoms with Gasteiger partial charge >= 0.3 is 0 Å². The fourth-order valence-corrected chi connectivity index (χ4v) is 2.14. The molecule has 1 N–H and O–H groups in total. The highest BCUT2D eigenvalue weighted by molar-refractivity contribution is 5.84. The van der Waals surface area contributed by atoms with Crippen LogP contribution >= 0.6 is 0 Å². The highest BCUT2D eigenvalue weighted by atomic mass is 19.1. The number of para-hydroxylation sites is 1. The van der Waals surface area contributed by atoms with E-state index in [9.17, 15) is 14.5 Å². The maximum Gasteiger partial charge on any atom is 0.297 e.